The van der Waals surface area contributed by atoms with Gasteiger partial charge in [0.1, 0.15) is 0 Å². The number of amides is 2. The second kappa shape index (κ2) is 10.1. The van der Waals surface area contributed by atoms with Crippen LogP contribution in [-0.4, -0.2) is 36.6 Å². The Balaban J connectivity index is 1.63. The number of sulfonamides is 1. The number of nitrogens with zero attached hydrogens (tertiary/aromatic N) is 2. The highest BCUT2D eigenvalue weighted by Crippen LogP contribution is 2.15. The lowest BCUT2D eigenvalue weighted by molar-refractivity contribution is -0.121. The zero-order valence-electron chi connectivity index (χ0n) is 18.1. The summed E-state index contributed by atoms with van der Waals surface area (Å²) in [6.07, 6.45) is -0.372. The molecule has 3 rings (SSSR count). The molecule has 180 valence electrons. The molecule has 34 heavy (non-hydrogen) atoms. The van der Waals surface area contributed by atoms with Gasteiger partial charge < -0.3 is 0 Å². The maximum atomic E-state index is 13.3. The minimum absolute atomic E-state index is 0.0803. The fourth-order valence-corrected chi connectivity index (χ4v) is 4.04. The van der Waals surface area contributed by atoms with E-state index in [1.165, 1.54) is 0 Å². The lowest BCUT2D eigenvalue weighted by atomic mass is 10.1. The van der Waals surface area contributed by atoms with Crippen LogP contribution < -0.4 is 21.1 Å². The summed E-state index contributed by atoms with van der Waals surface area (Å²) in [4.78, 5) is 36.7. The van der Waals surface area contributed by atoms with Gasteiger partial charge in [-0.05, 0) is 38.1 Å². The Kier molecular flexibility index (Phi) is 7.37. The molecule has 2 amide bonds. The number of hydrazine groups is 1. The van der Waals surface area contributed by atoms with Gasteiger partial charge in [0.05, 0.1) is 16.3 Å². The molecule has 2 aromatic carbocycles. The number of halogens is 2. The van der Waals surface area contributed by atoms with Crippen molar-refractivity contribution in [2.24, 2.45) is 0 Å². The van der Waals surface area contributed by atoms with E-state index in [-0.39, 0.29) is 35.6 Å². The summed E-state index contributed by atoms with van der Waals surface area (Å²) >= 11 is 0. The standard InChI is InChI=1S/C21H21F2N5O5S/c1-12(2)28-21(31)15-6-4-3-5-14(15)19(27-28)20(30)26-25-18(29)9-10-24-34(32,33)13-7-8-16(22)17(23)11-13/h3-8,11-12,24H,9-10H2,1-2H3,(H,25,29)(H,26,30). The Bertz CT molecular complexity index is 1420. The molecule has 0 saturated carbocycles. The molecule has 0 aliphatic heterocycles. The van der Waals surface area contributed by atoms with E-state index in [1.807, 2.05) is 0 Å². The highest BCUT2D eigenvalue weighted by Gasteiger charge is 2.19. The third kappa shape index (κ3) is 5.43. The largest absolute Gasteiger partial charge is 0.290 e. The minimum atomic E-state index is -4.18. The van der Waals surface area contributed by atoms with Crippen LogP contribution in [0.15, 0.2) is 52.2 Å². The molecule has 0 saturated heterocycles. The van der Waals surface area contributed by atoms with Crippen molar-refractivity contribution in [3.63, 3.8) is 0 Å². The van der Waals surface area contributed by atoms with Crippen LogP contribution in [0.5, 0.6) is 0 Å². The molecular weight excluding hydrogens is 472 g/mol. The lowest BCUT2D eigenvalue weighted by Gasteiger charge is -2.14. The smallest absolute Gasteiger partial charge is 0.273 e. The summed E-state index contributed by atoms with van der Waals surface area (Å²) in [6, 6.07) is 8.16. The van der Waals surface area contributed by atoms with E-state index in [9.17, 15) is 31.6 Å². The van der Waals surface area contributed by atoms with Gasteiger partial charge >= 0.3 is 0 Å². The van der Waals surface area contributed by atoms with E-state index < -0.39 is 38.4 Å². The van der Waals surface area contributed by atoms with Gasteiger partial charge in [0.15, 0.2) is 17.3 Å². The lowest BCUT2D eigenvalue weighted by Crippen LogP contribution is -2.43. The predicted octanol–water partition coefficient (Wildman–Crippen LogP) is 1.39. The summed E-state index contributed by atoms with van der Waals surface area (Å²) in [7, 11) is -4.18. The minimum Gasteiger partial charge on any atom is -0.273 e. The van der Waals surface area contributed by atoms with Crippen molar-refractivity contribution in [1.29, 1.82) is 0 Å². The van der Waals surface area contributed by atoms with Crippen molar-refractivity contribution in [2.75, 3.05) is 6.54 Å². The molecule has 0 bridgehead atoms. The molecule has 3 N–H and O–H groups in total. The maximum absolute atomic E-state index is 13.3. The van der Waals surface area contributed by atoms with Crippen LogP contribution in [0.2, 0.25) is 0 Å². The molecule has 0 unspecified atom stereocenters. The predicted molar refractivity (Wildman–Crippen MR) is 118 cm³/mol. The molecule has 0 atom stereocenters. The van der Waals surface area contributed by atoms with Crippen molar-refractivity contribution in [2.45, 2.75) is 31.2 Å². The van der Waals surface area contributed by atoms with Gasteiger partial charge in [0, 0.05) is 18.4 Å². The van der Waals surface area contributed by atoms with E-state index in [2.05, 4.69) is 20.7 Å². The van der Waals surface area contributed by atoms with Gasteiger partial charge in [0.2, 0.25) is 15.9 Å². The normalized spacial score (nSPS) is 11.6. The Morgan fingerprint density at radius 2 is 1.71 bits per heavy atom. The first-order valence-electron chi connectivity index (χ1n) is 10.1. The van der Waals surface area contributed by atoms with Gasteiger partial charge in [-0.1, -0.05) is 18.2 Å². The zero-order chi connectivity index (χ0) is 25.0. The van der Waals surface area contributed by atoms with Crippen LogP contribution in [0.3, 0.4) is 0 Å². The van der Waals surface area contributed by atoms with Crippen LogP contribution in [0.4, 0.5) is 8.78 Å². The zero-order valence-corrected chi connectivity index (χ0v) is 18.9. The van der Waals surface area contributed by atoms with Gasteiger partial charge in [-0.3, -0.25) is 25.2 Å². The molecule has 1 heterocycles. The van der Waals surface area contributed by atoms with Crippen LogP contribution in [-0.2, 0) is 14.8 Å². The van der Waals surface area contributed by atoms with Crippen LogP contribution in [0, 0.1) is 11.6 Å². The number of aromatic nitrogens is 2. The monoisotopic (exact) mass is 493 g/mol. The molecule has 0 aliphatic carbocycles. The van der Waals surface area contributed by atoms with Crippen molar-refractivity contribution in [3.8, 4) is 0 Å². The highest BCUT2D eigenvalue weighted by molar-refractivity contribution is 7.89. The maximum Gasteiger partial charge on any atom is 0.290 e. The fraction of sp³-hybridized carbons (Fsp3) is 0.238. The molecule has 13 heteroatoms. The van der Waals surface area contributed by atoms with Gasteiger partial charge in [-0.25, -0.2) is 26.6 Å². The number of carbonyl (C=O) groups is 2. The molecule has 1 aromatic heterocycles. The molecule has 0 fully saturated rings. The summed E-state index contributed by atoms with van der Waals surface area (Å²) < 4.78 is 53.8. The molecule has 0 aliphatic rings. The van der Waals surface area contributed by atoms with E-state index in [0.717, 1.165) is 10.7 Å². The van der Waals surface area contributed by atoms with Crippen LogP contribution in [0.1, 0.15) is 36.8 Å². The highest BCUT2D eigenvalue weighted by atomic mass is 32.2. The van der Waals surface area contributed by atoms with Crippen LogP contribution >= 0.6 is 0 Å². The number of nitrogens with one attached hydrogen (secondary N) is 3. The van der Waals surface area contributed by atoms with Crippen molar-refractivity contribution >= 4 is 32.6 Å². The van der Waals surface area contributed by atoms with Gasteiger partial charge in [-0.2, -0.15) is 5.10 Å². The molecule has 10 nitrogen and oxygen atoms in total. The molecular formula is C21H21F2N5O5S. The number of rotatable bonds is 7. The third-order valence-corrected chi connectivity index (χ3v) is 6.15. The Hall–Kier alpha value is -3.71. The number of fused-ring (bicyclic) bond motifs is 1. The first-order valence-corrected chi connectivity index (χ1v) is 11.5. The van der Waals surface area contributed by atoms with Crippen molar-refractivity contribution in [3.05, 3.63) is 70.1 Å². The fourth-order valence-electron chi connectivity index (χ4n) is 3.00. The average molecular weight is 493 g/mol. The van der Waals surface area contributed by atoms with E-state index in [4.69, 9.17) is 0 Å². The Morgan fingerprint density at radius 3 is 2.35 bits per heavy atom. The average Bonchev–Trinajstić information content (AvgIpc) is 2.79. The number of hydrogen-bond acceptors (Lipinski definition) is 6. The Morgan fingerprint density at radius 1 is 1.03 bits per heavy atom. The number of carbonyl (C=O) groups excluding carboxylic acids is 2. The second-order valence-electron chi connectivity index (χ2n) is 7.46. The third-order valence-electron chi connectivity index (χ3n) is 4.69. The summed E-state index contributed by atoms with van der Waals surface area (Å²) in [5, 5.41) is 4.70. The van der Waals surface area contributed by atoms with E-state index >= 15 is 0 Å². The summed E-state index contributed by atoms with van der Waals surface area (Å²) in [6.45, 7) is 3.09. The summed E-state index contributed by atoms with van der Waals surface area (Å²) in [5.74, 6) is -4.03. The first-order chi connectivity index (χ1) is 16.0. The van der Waals surface area contributed by atoms with Crippen molar-refractivity contribution in [1.82, 2.24) is 25.4 Å². The first kappa shape index (κ1) is 24.9. The van der Waals surface area contributed by atoms with E-state index in [1.54, 1.807) is 38.1 Å². The number of hydrogen-bond donors (Lipinski definition) is 3. The number of benzene rings is 2. The van der Waals surface area contributed by atoms with E-state index in [0.29, 0.717) is 17.5 Å². The Labute approximate surface area is 193 Å². The summed E-state index contributed by atoms with van der Waals surface area (Å²) in [5.41, 5.74) is 3.88. The molecule has 0 spiro atoms. The topological polar surface area (TPSA) is 139 Å². The molecule has 3 aromatic rings. The quantitative estimate of drug-likeness (QED) is 0.425. The molecule has 0 radical (unpaired) electrons. The van der Waals surface area contributed by atoms with Crippen molar-refractivity contribution < 1.29 is 26.8 Å². The van der Waals surface area contributed by atoms with Gasteiger partial charge in [0.25, 0.3) is 11.5 Å². The van der Waals surface area contributed by atoms with Gasteiger partial charge in [-0.15, -0.1) is 0 Å². The SMILES string of the molecule is CC(C)n1nc(C(=O)NNC(=O)CCNS(=O)(=O)c2ccc(F)c(F)c2)c2ccccc2c1=O. The second-order valence-corrected chi connectivity index (χ2v) is 9.23. The van der Waals surface area contributed by atoms with Crippen LogP contribution in [0.25, 0.3) is 10.8 Å².